The lowest BCUT2D eigenvalue weighted by molar-refractivity contribution is 0.161. The molecule has 0 saturated heterocycles. The van der Waals surface area contributed by atoms with E-state index in [-0.39, 0.29) is 0 Å². The van der Waals surface area contributed by atoms with Gasteiger partial charge in [0.15, 0.2) is 0 Å². The van der Waals surface area contributed by atoms with Crippen LogP contribution in [0.3, 0.4) is 0 Å². The number of hydrogen-bond donors (Lipinski definition) is 2. The molecule has 4 atom stereocenters. The first-order chi connectivity index (χ1) is 9.47. The Morgan fingerprint density at radius 2 is 1.95 bits per heavy atom. The number of benzene rings is 1. The lowest BCUT2D eigenvalue weighted by Crippen LogP contribution is -2.43. The average molecular weight is 275 g/mol. The van der Waals surface area contributed by atoms with E-state index in [1.54, 1.807) is 6.07 Å². The van der Waals surface area contributed by atoms with Crippen molar-refractivity contribution < 1.29 is 5.11 Å². The zero-order chi connectivity index (χ0) is 14.7. The number of phenolic OH excluding ortho intramolecular Hbond substituents is 1. The summed E-state index contributed by atoms with van der Waals surface area (Å²) in [4.78, 5) is 0. The predicted octanol–water partition coefficient (Wildman–Crippen LogP) is 4.50. The third-order valence-corrected chi connectivity index (χ3v) is 4.86. The lowest BCUT2D eigenvalue weighted by Gasteiger charge is -2.39. The summed E-state index contributed by atoms with van der Waals surface area (Å²) < 4.78 is 0. The topological polar surface area (TPSA) is 32.3 Å². The predicted molar refractivity (Wildman–Crippen MR) is 84.8 cm³/mol. The van der Waals surface area contributed by atoms with Gasteiger partial charge in [0.05, 0.1) is 0 Å². The quantitative estimate of drug-likeness (QED) is 0.847. The van der Waals surface area contributed by atoms with Gasteiger partial charge in [-0.2, -0.15) is 0 Å². The largest absolute Gasteiger partial charge is 0.508 e. The third-order valence-electron chi connectivity index (χ3n) is 4.86. The van der Waals surface area contributed by atoms with Gasteiger partial charge in [-0.1, -0.05) is 39.3 Å². The first-order valence-corrected chi connectivity index (χ1v) is 8.02. The second-order valence-corrected chi connectivity index (χ2v) is 6.92. The van der Waals surface area contributed by atoms with E-state index in [1.165, 1.54) is 24.8 Å². The number of hydrogen-bond acceptors (Lipinski definition) is 2. The first-order valence-electron chi connectivity index (χ1n) is 8.02. The second kappa shape index (κ2) is 6.62. The Bertz CT molecular complexity index is 429. The monoisotopic (exact) mass is 275 g/mol. The van der Waals surface area contributed by atoms with Crippen molar-refractivity contribution >= 4 is 0 Å². The van der Waals surface area contributed by atoms with Crippen LogP contribution in [0.15, 0.2) is 24.3 Å². The van der Waals surface area contributed by atoms with Crippen molar-refractivity contribution in [1.29, 1.82) is 0 Å². The van der Waals surface area contributed by atoms with Crippen LogP contribution in [-0.4, -0.2) is 11.1 Å². The highest BCUT2D eigenvalue weighted by Gasteiger charge is 2.31. The van der Waals surface area contributed by atoms with Crippen LogP contribution in [0.2, 0.25) is 0 Å². The molecule has 1 aliphatic rings. The van der Waals surface area contributed by atoms with Crippen LogP contribution in [0, 0.1) is 17.8 Å². The minimum atomic E-state index is 0.290. The van der Waals surface area contributed by atoms with Crippen LogP contribution >= 0.6 is 0 Å². The Balaban J connectivity index is 2.05. The van der Waals surface area contributed by atoms with E-state index in [2.05, 4.69) is 39.1 Å². The molecule has 0 bridgehead atoms. The van der Waals surface area contributed by atoms with Gasteiger partial charge in [0.25, 0.3) is 0 Å². The van der Waals surface area contributed by atoms with Crippen LogP contribution in [0.25, 0.3) is 0 Å². The summed E-state index contributed by atoms with van der Waals surface area (Å²) in [5.41, 5.74) is 1.17. The fraction of sp³-hybridized carbons (Fsp3) is 0.667. The van der Waals surface area contributed by atoms with Crippen molar-refractivity contribution in [1.82, 2.24) is 5.32 Å². The molecule has 2 nitrogen and oxygen atoms in total. The molecule has 1 aliphatic carbocycles. The molecule has 1 aromatic rings. The Hall–Kier alpha value is -1.02. The van der Waals surface area contributed by atoms with Crippen LogP contribution in [0.1, 0.15) is 58.6 Å². The summed E-state index contributed by atoms with van der Waals surface area (Å²) in [7, 11) is 0. The molecular weight excluding hydrogens is 246 g/mol. The van der Waals surface area contributed by atoms with Gasteiger partial charge in [0.2, 0.25) is 0 Å². The molecule has 0 aromatic heterocycles. The highest BCUT2D eigenvalue weighted by molar-refractivity contribution is 5.29. The van der Waals surface area contributed by atoms with E-state index in [1.807, 2.05) is 12.1 Å². The molecule has 1 saturated carbocycles. The molecule has 0 amide bonds. The van der Waals surface area contributed by atoms with Gasteiger partial charge in [0, 0.05) is 12.1 Å². The van der Waals surface area contributed by atoms with E-state index >= 15 is 0 Å². The lowest BCUT2D eigenvalue weighted by atomic mass is 9.73. The fourth-order valence-corrected chi connectivity index (χ4v) is 3.61. The zero-order valence-electron chi connectivity index (χ0n) is 13.3. The minimum absolute atomic E-state index is 0.290. The normalized spacial score (nSPS) is 28.6. The van der Waals surface area contributed by atoms with Crippen LogP contribution < -0.4 is 5.32 Å². The second-order valence-electron chi connectivity index (χ2n) is 6.92. The maximum Gasteiger partial charge on any atom is 0.115 e. The minimum Gasteiger partial charge on any atom is -0.508 e. The van der Waals surface area contributed by atoms with Crippen molar-refractivity contribution in [3.05, 3.63) is 29.8 Å². The molecule has 2 rings (SSSR count). The molecule has 1 fully saturated rings. The Morgan fingerprint density at radius 3 is 2.60 bits per heavy atom. The van der Waals surface area contributed by atoms with Crippen LogP contribution in [0.5, 0.6) is 5.75 Å². The molecule has 0 heterocycles. The SMILES string of the molecule is CC1CCC(C(C)C)C(NC(C)c2cccc(O)c2)C1. The molecular formula is C18H29NO. The molecule has 4 unspecified atom stereocenters. The van der Waals surface area contributed by atoms with Crippen molar-refractivity contribution in [3.8, 4) is 5.75 Å². The summed E-state index contributed by atoms with van der Waals surface area (Å²) in [6, 6.07) is 8.50. The number of nitrogens with one attached hydrogen (secondary N) is 1. The molecule has 1 aromatic carbocycles. The average Bonchev–Trinajstić information content (AvgIpc) is 2.38. The molecule has 20 heavy (non-hydrogen) atoms. The maximum absolute atomic E-state index is 9.62. The van der Waals surface area contributed by atoms with E-state index in [0.29, 0.717) is 17.8 Å². The van der Waals surface area contributed by atoms with Gasteiger partial charge in [-0.15, -0.1) is 0 Å². The van der Waals surface area contributed by atoms with Gasteiger partial charge in [-0.25, -0.2) is 0 Å². The summed E-state index contributed by atoms with van der Waals surface area (Å²) >= 11 is 0. The van der Waals surface area contributed by atoms with Gasteiger partial charge < -0.3 is 10.4 Å². The van der Waals surface area contributed by atoms with Crippen LogP contribution in [0.4, 0.5) is 0 Å². The fourth-order valence-electron chi connectivity index (χ4n) is 3.61. The standard InChI is InChI=1S/C18H29NO/c1-12(2)17-9-8-13(3)10-18(17)19-14(4)15-6-5-7-16(20)11-15/h5-7,11-14,17-20H,8-10H2,1-4H3. The molecule has 0 aliphatic heterocycles. The highest BCUT2D eigenvalue weighted by Crippen LogP contribution is 2.34. The van der Waals surface area contributed by atoms with E-state index in [4.69, 9.17) is 0 Å². The molecule has 0 spiro atoms. The summed E-state index contributed by atoms with van der Waals surface area (Å²) in [6.07, 6.45) is 3.97. The number of rotatable bonds is 4. The summed E-state index contributed by atoms with van der Waals surface area (Å²) in [5.74, 6) is 2.68. The summed E-state index contributed by atoms with van der Waals surface area (Å²) in [5, 5.41) is 13.4. The van der Waals surface area contributed by atoms with Crippen LogP contribution in [-0.2, 0) is 0 Å². The number of phenols is 1. The third kappa shape index (κ3) is 3.76. The molecule has 112 valence electrons. The first kappa shape index (κ1) is 15.4. The Morgan fingerprint density at radius 1 is 1.20 bits per heavy atom. The van der Waals surface area contributed by atoms with Crippen molar-refractivity contribution in [2.75, 3.05) is 0 Å². The van der Waals surface area contributed by atoms with Gasteiger partial charge in [-0.05, 0) is 55.2 Å². The van der Waals surface area contributed by atoms with Crippen molar-refractivity contribution in [3.63, 3.8) is 0 Å². The van der Waals surface area contributed by atoms with Crippen molar-refractivity contribution in [2.24, 2.45) is 17.8 Å². The van der Waals surface area contributed by atoms with Gasteiger partial charge in [0.1, 0.15) is 5.75 Å². The Labute approximate surface area is 123 Å². The molecule has 0 radical (unpaired) electrons. The van der Waals surface area contributed by atoms with Gasteiger partial charge >= 0.3 is 0 Å². The zero-order valence-corrected chi connectivity index (χ0v) is 13.3. The smallest absolute Gasteiger partial charge is 0.115 e. The molecule has 2 N–H and O–H groups in total. The Kier molecular flexibility index (Phi) is 5.09. The highest BCUT2D eigenvalue weighted by atomic mass is 16.3. The van der Waals surface area contributed by atoms with E-state index in [9.17, 15) is 5.11 Å². The summed E-state index contributed by atoms with van der Waals surface area (Å²) in [6.45, 7) is 9.25. The number of aromatic hydroxyl groups is 1. The maximum atomic E-state index is 9.62. The van der Waals surface area contributed by atoms with E-state index < -0.39 is 0 Å². The van der Waals surface area contributed by atoms with Crippen molar-refractivity contribution in [2.45, 2.75) is 59.0 Å². The molecule has 2 heteroatoms. The van der Waals surface area contributed by atoms with E-state index in [0.717, 1.165) is 17.8 Å². The van der Waals surface area contributed by atoms with Gasteiger partial charge in [-0.3, -0.25) is 0 Å².